The topological polar surface area (TPSA) is 220 Å². The molecule has 4 aromatic rings. The van der Waals surface area contributed by atoms with Crippen molar-refractivity contribution < 1.29 is 39.3 Å². The molecule has 13 heteroatoms. The first-order valence-electron chi connectivity index (χ1n) is 14.9. The number of nitrogens with two attached hydrogens (primary N) is 1. The van der Waals surface area contributed by atoms with Gasteiger partial charge in [0, 0.05) is 6.42 Å². The Kier molecular flexibility index (Phi) is 11.9. The molecule has 47 heavy (non-hydrogen) atoms. The summed E-state index contributed by atoms with van der Waals surface area (Å²) < 4.78 is 0. The lowest BCUT2D eigenvalue weighted by Gasteiger charge is -2.22. The number of rotatable bonds is 15. The Morgan fingerprint density at radius 2 is 1.11 bits per heavy atom. The maximum atomic E-state index is 13.4. The minimum absolute atomic E-state index is 0.0755. The minimum atomic E-state index is -1.64. The van der Waals surface area contributed by atoms with Gasteiger partial charge in [-0.15, -0.1) is 0 Å². The summed E-state index contributed by atoms with van der Waals surface area (Å²) in [6.45, 7) is -2.41. The molecule has 0 aromatic heterocycles. The molecule has 0 bridgehead atoms. The van der Waals surface area contributed by atoms with Crippen molar-refractivity contribution in [3.8, 4) is 0 Å². The molecule has 0 fully saturated rings. The minimum Gasteiger partial charge on any atom is -0.480 e. The van der Waals surface area contributed by atoms with Crippen molar-refractivity contribution in [3.63, 3.8) is 0 Å². The van der Waals surface area contributed by atoms with Crippen molar-refractivity contribution in [2.75, 3.05) is 19.8 Å². The summed E-state index contributed by atoms with van der Waals surface area (Å²) in [7, 11) is 0. The van der Waals surface area contributed by atoms with Gasteiger partial charge in [0.25, 0.3) is 0 Å². The fourth-order valence-corrected chi connectivity index (χ4v) is 4.99. The largest absolute Gasteiger partial charge is 0.480 e. The number of aliphatic carboxylic acids is 1. The van der Waals surface area contributed by atoms with Crippen LogP contribution in [0.2, 0.25) is 0 Å². The van der Waals surface area contributed by atoms with Crippen LogP contribution in [-0.2, 0) is 36.8 Å². The first kappa shape index (κ1) is 34.5. The van der Waals surface area contributed by atoms with Gasteiger partial charge >= 0.3 is 5.97 Å². The Bertz CT molecular complexity index is 1760. The number of carboxylic acids is 1. The van der Waals surface area contributed by atoms with Gasteiger partial charge in [-0.1, -0.05) is 84.9 Å². The molecule has 13 nitrogen and oxygen atoms in total. The highest BCUT2D eigenvalue weighted by Crippen LogP contribution is 2.18. The van der Waals surface area contributed by atoms with Crippen molar-refractivity contribution in [2.45, 2.75) is 37.0 Å². The van der Waals surface area contributed by atoms with Crippen LogP contribution in [0.25, 0.3) is 21.5 Å². The van der Waals surface area contributed by atoms with Gasteiger partial charge in [-0.3, -0.25) is 19.2 Å². The van der Waals surface area contributed by atoms with Gasteiger partial charge in [0.15, 0.2) is 0 Å². The summed E-state index contributed by atoms with van der Waals surface area (Å²) in [6.07, 6.45) is 0.291. The summed E-state index contributed by atoms with van der Waals surface area (Å²) in [5.41, 5.74) is 7.86. The molecule has 0 aliphatic heterocycles. The standard InChI is InChI=1S/C34H37N5O8/c35-26(15-20-9-11-22-5-1-3-7-24(22)13-20)31(43)38-27(16-21-10-12-23-6-2-4-8-25(23)14-21)32(44)36-17-30(42)37-28(18-40)33(45)39-29(19-41)34(46)47/h1-14,26-29,40-41H,15-19,35H2,(H,36,44)(H,37,42)(H,38,43)(H,39,45)(H,46,47)/t26-,27-,28-,29-/m1/s1. The molecule has 0 radical (unpaired) electrons. The van der Waals surface area contributed by atoms with E-state index in [9.17, 15) is 29.1 Å². The highest BCUT2D eigenvalue weighted by Gasteiger charge is 2.28. The highest BCUT2D eigenvalue weighted by atomic mass is 16.4. The smallest absolute Gasteiger partial charge is 0.328 e. The summed E-state index contributed by atoms with van der Waals surface area (Å²) in [6, 6.07) is 21.5. The van der Waals surface area contributed by atoms with Crippen LogP contribution in [0.5, 0.6) is 0 Å². The van der Waals surface area contributed by atoms with E-state index in [1.165, 1.54) is 0 Å². The molecule has 4 atom stereocenters. The Morgan fingerprint density at radius 1 is 0.596 bits per heavy atom. The average Bonchev–Trinajstić information content (AvgIpc) is 3.07. The third-order valence-corrected chi connectivity index (χ3v) is 7.55. The van der Waals surface area contributed by atoms with Crippen LogP contribution < -0.4 is 27.0 Å². The molecule has 4 rings (SSSR count). The van der Waals surface area contributed by atoms with Crippen molar-refractivity contribution in [2.24, 2.45) is 5.73 Å². The predicted octanol–water partition coefficient (Wildman–Crippen LogP) is -0.255. The number of fused-ring (bicyclic) bond motifs is 2. The molecule has 0 unspecified atom stereocenters. The number of hydrogen-bond donors (Lipinski definition) is 8. The lowest BCUT2D eigenvalue weighted by atomic mass is 9.99. The van der Waals surface area contributed by atoms with Gasteiger partial charge in [0.05, 0.1) is 25.8 Å². The van der Waals surface area contributed by atoms with Crippen LogP contribution in [0.4, 0.5) is 0 Å². The van der Waals surface area contributed by atoms with Crippen molar-refractivity contribution in [1.82, 2.24) is 21.3 Å². The van der Waals surface area contributed by atoms with E-state index in [0.29, 0.717) is 0 Å². The zero-order valence-electron chi connectivity index (χ0n) is 25.4. The Morgan fingerprint density at radius 3 is 1.64 bits per heavy atom. The van der Waals surface area contributed by atoms with E-state index in [1.807, 2.05) is 90.2 Å². The quantitative estimate of drug-likeness (QED) is 0.0854. The summed E-state index contributed by atoms with van der Waals surface area (Å²) in [4.78, 5) is 62.6. The molecule has 0 aliphatic carbocycles. The first-order chi connectivity index (χ1) is 22.6. The lowest BCUT2D eigenvalue weighted by Crippen LogP contribution is -2.56. The predicted molar refractivity (Wildman–Crippen MR) is 174 cm³/mol. The SMILES string of the molecule is N[C@H](Cc1ccc2ccccc2c1)C(=O)N[C@H](Cc1ccc2ccccc2c1)C(=O)NCC(=O)N[C@H](CO)C(=O)N[C@H](CO)C(=O)O. The van der Waals surface area contributed by atoms with Gasteiger partial charge in [-0.25, -0.2) is 4.79 Å². The second-order valence-corrected chi connectivity index (χ2v) is 11.0. The third-order valence-electron chi connectivity index (χ3n) is 7.55. The normalized spacial score (nSPS) is 13.6. The number of benzene rings is 4. The van der Waals surface area contributed by atoms with E-state index in [0.717, 1.165) is 32.7 Å². The number of aliphatic hydroxyl groups excluding tert-OH is 2. The number of carbonyl (C=O) groups excluding carboxylic acids is 4. The maximum Gasteiger partial charge on any atom is 0.328 e. The van der Waals surface area contributed by atoms with E-state index in [4.69, 9.17) is 15.9 Å². The van der Waals surface area contributed by atoms with Gasteiger partial charge in [-0.05, 0) is 39.1 Å². The Balaban J connectivity index is 1.43. The molecule has 0 spiro atoms. The molecule has 9 N–H and O–H groups in total. The number of hydrogen-bond acceptors (Lipinski definition) is 8. The molecular weight excluding hydrogens is 606 g/mol. The van der Waals surface area contributed by atoms with E-state index < -0.39 is 73.5 Å². The molecule has 0 aliphatic rings. The fraction of sp³-hybridized carbons (Fsp3) is 0.265. The van der Waals surface area contributed by atoms with Crippen LogP contribution in [0, 0.1) is 0 Å². The molecule has 0 heterocycles. The van der Waals surface area contributed by atoms with Crippen molar-refractivity contribution >= 4 is 51.1 Å². The number of carbonyl (C=O) groups is 5. The molecule has 0 saturated heterocycles. The Labute approximate surface area is 270 Å². The molecule has 0 saturated carbocycles. The second-order valence-electron chi connectivity index (χ2n) is 11.0. The van der Waals surface area contributed by atoms with Gasteiger partial charge < -0.3 is 42.3 Å². The number of nitrogens with one attached hydrogen (secondary N) is 4. The monoisotopic (exact) mass is 643 g/mol. The van der Waals surface area contributed by atoms with Crippen molar-refractivity contribution in [3.05, 3.63) is 96.1 Å². The summed E-state index contributed by atoms with van der Waals surface area (Å²) >= 11 is 0. The number of amides is 4. The summed E-state index contributed by atoms with van der Waals surface area (Å²) in [5.74, 6) is -4.69. The second kappa shape index (κ2) is 16.3. The van der Waals surface area contributed by atoms with E-state index >= 15 is 0 Å². The molecule has 4 aromatic carbocycles. The average molecular weight is 644 g/mol. The summed E-state index contributed by atoms with van der Waals surface area (Å²) in [5, 5.41) is 41.0. The molecule has 246 valence electrons. The third kappa shape index (κ3) is 9.56. The first-order valence-corrected chi connectivity index (χ1v) is 14.9. The Hall–Kier alpha value is -5.37. The van der Waals surface area contributed by atoms with Crippen LogP contribution in [-0.4, -0.2) is 88.8 Å². The van der Waals surface area contributed by atoms with E-state index in [1.54, 1.807) is 0 Å². The van der Waals surface area contributed by atoms with Crippen molar-refractivity contribution in [1.29, 1.82) is 0 Å². The fourth-order valence-electron chi connectivity index (χ4n) is 4.99. The van der Waals surface area contributed by atoms with Gasteiger partial charge in [-0.2, -0.15) is 0 Å². The van der Waals surface area contributed by atoms with Gasteiger partial charge in [0.2, 0.25) is 23.6 Å². The highest BCUT2D eigenvalue weighted by molar-refractivity contribution is 5.94. The maximum absolute atomic E-state index is 13.4. The van der Waals surface area contributed by atoms with Crippen LogP contribution >= 0.6 is 0 Å². The lowest BCUT2D eigenvalue weighted by molar-refractivity contribution is -0.143. The zero-order valence-corrected chi connectivity index (χ0v) is 25.4. The van der Waals surface area contributed by atoms with Crippen LogP contribution in [0.3, 0.4) is 0 Å². The number of aliphatic hydroxyl groups is 2. The van der Waals surface area contributed by atoms with Crippen LogP contribution in [0.15, 0.2) is 84.9 Å². The zero-order chi connectivity index (χ0) is 33.9. The van der Waals surface area contributed by atoms with E-state index in [-0.39, 0.29) is 12.8 Å². The van der Waals surface area contributed by atoms with E-state index in [2.05, 4.69) is 16.0 Å². The number of carboxylic acid groups (broad SMARTS) is 1. The molecular formula is C34H37N5O8. The van der Waals surface area contributed by atoms with Crippen LogP contribution in [0.1, 0.15) is 11.1 Å². The molecule has 4 amide bonds. The van der Waals surface area contributed by atoms with Gasteiger partial charge in [0.1, 0.15) is 18.1 Å².